The van der Waals surface area contributed by atoms with Gasteiger partial charge in [0.25, 0.3) is 0 Å². The summed E-state index contributed by atoms with van der Waals surface area (Å²) in [7, 11) is 0. The summed E-state index contributed by atoms with van der Waals surface area (Å²) >= 11 is 0. The molecule has 29 heavy (non-hydrogen) atoms. The molecule has 1 aliphatic rings. The topological polar surface area (TPSA) is 88.3 Å². The van der Waals surface area contributed by atoms with Crippen LogP contribution in [0.5, 0.6) is 0 Å². The van der Waals surface area contributed by atoms with Crippen molar-refractivity contribution in [2.75, 3.05) is 13.1 Å². The maximum atomic E-state index is 12.8. The number of benzene rings is 2. The summed E-state index contributed by atoms with van der Waals surface area (Å²) in [5.41, 5.74) is 1.94. The van der Waals surface area contributed by atoms with Gasteiger partial charge >= 0.3 is 0 Å². The Morgan fingerprint density at radius 1 is 1.10 bits per heavy atom. The molecule has 0 radical (unpaired) electrons. The zero-order chi connectivity index (χ0) is 20.1. The Balaban J connectivity index is 1.44. The number of hydrogen-bond donors (Lipinski definition) is 1. The van der Waals surface area contributed by atoms with E-state index < -0.39 is 6.04 Å². The summed E-state index contributed by atoms with van der Waals surface area (Å²) in [6.07, 6.45) is 1.19. The van der Waals surface area contributed by atoms with E-state index >= 15 is 0 Å². The molecule has 1 saturated heterocycles. The molecule has 1 atom stereocenters. The number of aryl methyl sites for hydroxylation is 1. The zero-order valence-electron chi connectivity index (χ0n) is 16.0. The lowest BCUT2D eigenvalue weighted by atomic mass is 10.1. The second-order valence-corrected chi connectivity index (χ2v) is 6.96. The summed E-state index contributed by atoms with van der Waals surface area (Å²) in [6.45, 7) is 0.926. The maximum Gasteiger partial charge on any atom is 0.243 e. The van der Waals surface area contributed by atoms with Crippen LogP contribution in [-0.4, -0.2) is 46.0 Å². The highest BCUT2D eigenvalue weighted by atomic mass is 16.5. The van der Waals surface area contributed by atoms with Crippen molar-refractivity contribution in [2.24, 2.45) is 0 Å². The normalized spacial score (nSPS) is 16.5. The van der Waals surface area contributed by atoms with Gasteiger partial charge in [0.15, 0.2) is 0 Å². The monoisotopic (exact) mass is 390 g/mol. The van der Waals surface area contributed by atoms with Crippen LogP contribution in [0.3, 0.4) is 0 Å². The molecule has 1 fully saturated rings. The molecule has 1 aliphatic heterocycles. The summed E-state index contributed by atoms with van der Waals surface area (Å²) < 4.78 is 5.35. The molecule has 7 heteroatoms. The minimum atomic E-state index is -0.643. The Bertz CT molecular complexity index is 972. The van der Waals surface area contributed by atoms with E-state index in [4.69, 9.17) is 4.52 Å². The van der Waals surface area contributed by atoms with Crippen molar-refractivity contribution in [1.82, 2.24) is 20.4 Å². The number of piperazine rings is 1. The lowest BCUT2D eigenvalue weighted by Crippen LogP contribution is -2.58. The Kier molecular flexibility index (Phi) is 5.65. The molecular weight excluding hydrogens is 368 g/mol. The predicted octanol–water partition coefficient (Wildman–Crippen LogP) is 2.24. The minimum absolute atomic E-state index is 0.0449. The molecule has 0 aliphatic carbocycles. The fourth-order valence-electron chi connectivity index (χ4n) is 3.46. The van der Waals surface area contributed by atoms with E-state index in [0.717, 1.165) is 11.1 Å². The molecule has 7 nitrogen and oxygen atoms in total. The SMILES string of the molecule is O=C1NCCN(C(=O)CCc2ccccc2)C1Cc1nc(-c2ccccc2)no1. The highest BCUT2D eigenvalue weighted by molar-refractivity contribution is 5.89. The van der Waals surface area contributed by atoms with E-state index in [-0.39, 0.29) is 18.2 Å². The molecule has 1 N–H and O–H groups in total. The first-order valence-corrected chi connectivity index (χ1v) is 9.70. The Labute approximate surface area is 168 Å². The average Bonchev–Trinajstić information content (AvgIpc) is 3.23. The summed E-state index contributed by atoms with van der Waals surface area (Å²) in [4.78, 5) is 31.3. The Hall–Kier alpha value is -3.48. The molecular formula is C22H22N4O3. The predicted molar refractivity (Wildman–Crippen MR) is 107 cm³/mol. The van der Waals surface area contributed by atoms with Gasteiger partial charge in [0.05, 0.1) is 6.42 Å². The van der Waals surface area contributed by atoms with Crippen LogP contribution in [-0.2, 0) is 22.4 Å². The molecule has 0 saturated carbocycles. The third-order valence-electron chi connectivity index (χ3n) is 4.99. The number of hydrogen-bond acceptors (Lipinski definition) is 5. The number of rotatable bonds is 6. The van der Waals surface area contributed by atoms with E-state index in [1.54, 1.807) is 4.90 Å². The van der Waals surface area contributed by atoms with Crippen molar-refractivity contribution in [3.63, 3.8) is 0 Å². The summed E-state index contributed by atoms with van der Waals surface area (Å²) in [5.74, 6) is 0.575. The summed E-state index contributed by atoms with van der Waals surface area (Å²) in [5, 5.41) is 6.83. The molecule has 148 valence electrons. The van der Waals surface area contributed by atoms with Gasteiger partial charge in [-0.3, -0.25) is 9.59 Å². The molecule has 2 heterocycles. The van der Waals surface area contributed by atoms with Crippen LogP contribution < -0.4 is 5.32 Å². The van der Waals surface area contributed by atoms with Gasteiger partial charge < -0.3 is 14.7 Å². The van der Waals surface area contributed by atoms with Crippen LogP contribution >= 0.6 is 0 Å². The van der Waals surface area contributed by atoms with Crippen LogP contribution in [0.2, 0.25) is 0 Å². The third kappa shape index (κ3) is 4.51. The molecule has 2 aromatic carbocycles. The highest BCUT2D eigenvalue weighted by Gasteiger charge is 2.34. The fraction of sp³-hybridized carbons (Fsp3) is 0.273. The molecule has 1 unspecified atom stereocenters. The first kappa shape index (κ1) is 18.9. The lowest BCUT2D eigenvalue weighted by molar-refractivity contribution is -0.143. The van der Waals surface area contributed by atoms with Crippen LogP contribution in [0.4, 0.5) is 0 Å². The van der Waals surface area contributed by atoms with Crippen molar-refractivity contribution in [2.45, 2.75) is 25.3 Å². The zero-order valence-corrected chi connectivity index (χ0v) is 16.0. The van der Waals surface area contributed by atoms with E-state index in [1.165, 1.54) is 0 Å². The van der Waals surface area contributed by atoms with E-state index in [9.17, 15) is 9.59 Å². The van der Waals surface area contributed by atoms with Crippen LogP contribution in [0.1, 0.15) is 17.9 Å². The number of carbonyl (C=O) groups excluding carboxylic acids is 2. The van der Waals surface area contributed by atoms with Crippen molar-refractivity contribution in [1.29, 1.82) is 0 Å². The van der Waals surface area contributed by atoms with Crippen molar-refractivity contribution < 1.29 is 14.1 Å². The number of carbonyl (C=O) groups is 2. The van der Waals surface area contributed by atoms with Gasteiger partial charge in [-0.1, -0.05) is 65.8 Å². The smallest absolute Gasteiger partial charge is 0.243 e. The van der Waals surface area contributed by atoms with Gasteiger partial charge in [0, 0.05) is 25.1 Å². The lowest BCUT2D eigenvalue weighted by Gasteiger charge is -2.34. The second kappa shape index (κ2) is 8.68. The first-order valence-electron chi connectivity index (χ1n) is 9.70. The number of nitrogens with one attached hydrogen (secondary N) is 1. The van der Waals surface area contributed by atoms with Gasteiger partial charge in [-0.15, -0.1) is 0 Å². The maximum absolute atomic E-state index is 12.8. The summed E-state index contributed by atoms with van der Waals surface area (Å²) in [6, 6.07) is 18.7. The van der Waals surface area contributed by atoms with Crippen LogP contribution in [0.25, 0.3) is 11.4 Å². The Morgan fingerprint density at radius 3 is 2.59 bits per heavy atom. The van der Waals surface area contributed by atoms with Gasteiger partial charge in [-0.2, -0.15) is 4.98 Å². The second-order valence-electron chi connectivity index (χ2n) is 6.96. The first-order chi connectivity index (χ1) is 14.2. The molecule has 3 aromatic rings. The standard InChI is InChI=1S/C22H22N4O3/c27-20(12-11-16-7-3-1-4-8-16)26-14-13-23-22(28)18(26)15-19-24-21(25-29-19)17-9-5-2-6-10-17/h1-10,18H,11-15H2,(H,23,28). The third-order valence-corrected chi connectivity index (χ3v) is 4.99. The molecule has 0 bridgehead atoms. The largest absolute Gasteiger partial charge is 0.353 e. The van der Waals surface area contributed by atoms with E-state index in [0.29, 0.717) is 37.6 Å². The molecule has 1 aromatic heterocycles. The minimum Gasteiger partial charge on any atom is -0.353 e. The van der Waals surface area contributed by atoms with E-state index in [1.807, 2.05) is 60.7 Å². The van der Waals surface area contributed by atoms with Crippen molar-refractivity contribution in [3.8, 4) is 11.4 Å². The number of nitrogens with zero attached hydrogens (tertiary/aromatic N) is 3. The number of aromatic nitrogens is 2. The molecule has 4 rings (SSSR count). The van der Waals surface area contributed by atoms with Crippen LogP contribution in [0.15, 0.2) is 65.2 Å². The van der Waals surface area contributed by atoms with Crippen LogP contribution in [0, 0.1) is 0 Å². The molecule has 2 amide bonds. The number of amides is 2. The van der Waals surface area contributed by atoms with Gasteiger partial charge in [0.2, 0.25) is 23.5 Å². The van der Waals surface area contributed by atoms with Gasteiger partial charge in [-0.25, -0.2) is 0 Å². The van der Waals surface area contributed by atoms with Crippen molar-refractivity contribution >= 4 is 11.8 Å². The Morgan fingerprint density at radius 2 is 1.83 bits per heavy atom. The van der Waals surface area contributed by atoms with Gasteiger partial charge in [0.1, 0.15) is 6.04 Å². The van der Waals surface area contributed by atoms with Gasteiger partial charge in [-0.05, 0) is 12.0 Å². The highest BCUT2D eigenvalue weighted by Crippen LogP contribution is 2.18. The van der Waals surface area contributed by atoms with Crippen molar-refractivity contribution in [3.05, 3.63) is 72.1 Å². The average molecular weight is 390 g/mol. The quantitative estimate of drug-likeness (QED) is 0.697. The fourth-order valence-corrected chi connectivity index (χ4v) is 3.46. The molecule has 0 spiro atoms. The van der Waals surface area contributed by atoms with E-state index in [2.05, 4.69) is 15.5 Å².